The van der Waals surface area contributed by atoms with Crippen molar-refractivity contribution in [3.8, 4) is 11.5 Å². The first-order valence-corrected chi connectivity index (χ1v) is 17.8. The average molecular weight is 673 g/mol. The van der Waals surface area contributed by atoms with Gasteiger partial charge in [-0.1, -0.05) is 78.1 Å². The number of ether oxygens (including phenoxy) is 4. The van der Waals surface area contributed by atoms with Crippen LogP contribution in [0.25, 0.3) is 0 Å². The van der Waals surface area contributed by atoms with Gasteiger partial charge in [-0.3, -0.25) is 0 Å². The zero-order valence-electron chi connectivity index (χ0n) is 29.6. The minimum atomic E-state index is -1.00. The van der Waals surface area contributed by atoms with E-state index in [1.54, 1.807) is 60.7 Å². The second-order valence-corrected chi connectivity index (χ2v) is 12.2. The van der Waals surface area contributed by atoms with E-state index in [9.17, 15) is 14.4 Å². The molecule has 0 bridgehead atoms. The molecule has 3 aromatic carbocycles. The van der Waals surface area contributed by atoms with E-state index in [-0.39, 0.29) is 5.56 Å². The molecule has 9 heteroatoms. The average Bonchev–Trinajstić information content (AvgIpc) is 3.11. The number of unbranched alkanes of at least 4 members (excludes halogenated alkanes) is 10. The monoisotopic (exact) mass is 672 g/mol. The fourth-order valence-electron chi connectivity index (χ4n) is 4.98. The van der Waals surface area contributed by atoms with E-state index >= 15 is 0 Å². The number of carbonyl (C=O) groups excluding carboxylic acids is 3. The van der Waals surface area contributed by atoms with Gasteiger partial charge in [-0.05, 0) is 99.0 Å². The molecule has 0 spiro atoms. The molecule has 0 amide bonds. The van der Waals surface area contributed by atoms with Crippen molar-refractivity contribution in [2.24, 2.45) is 10.2 Å². The van der Waals surface area contributed by atoms with Crippen LogP contribution >= 0.6 is 0 Å². The van der Waals surface area contributed by atoms with Gasteiger partial charge in [0.15, 0.2) is 6.10 Å². The lowest BCUT2D eigenvalue weighted by atomic mass is 10.1. The van der Waals surface area contributed by atoms with Crippen LogP contribution in [0, 0.1) is 6.92 Å². The quantitative estimate of drug-likeness (QED) is 0.0451. The summed E-state index contributed by atoms with van der Waals surface area (Å²) in [5.41, 5.74) is 2.69. The SMILES string of the molecule is CCCCCCCCCCOc1ccc(C(=O)Oc2ccc(N=Nc3ccc(C(=O)OC(C)C(=O)OCCCCCC)cc3)cc2)cc1C. The predicted octanol–water partition coefficient (Wildman–Crippen LogP) is 10.8. The topological polar surface area (TPSA) is 113 Å². The highest BCUT2D eigenvalue weighted by molar-refractivity contribution is 5.92. The van der Waals surface area contributed by atoms with Crippen LogP contribution in [0.4, 0.5) is 11.4 Å². The second kappa shape index (κ2) is 22.2. The summed E-state index contributed by atoms with van der Waals surface area (Å²) in [5, 5.41) is 8.42. The van der Waals surface area contributed by atoms with Gasteiger partial charge in [0.25, 0.3) is 0 Å². The van der Waals surface area contributed by atoms with Gasteiger partial charge in [-0.25, -0.2) is 14.4 Å². The Morgan fingerprint density at radius 1 is 0.633 bits per heavy atom. The van der Waals surface area contributed by atoms with E-state index in [4.69, 9.17) is 18.9 Å². The van der Waals surface area contributed by atoms with Crippen molar-refractivity contribution in [3.05, 3.63) is 83.4 Å². The first-order chi connectivity index (χ1) is 23.8. The summed E-state index contributed by atoms with van der Waals surface area (Å²) in [4.78, 5) is 37.3. The highest BCUT2D eigenvalue weighted by atomic mass is 16.6. The molecule has 3 aromatic rings. The summed E-state index contributed by atoms with van der Waals surface area (Å²) in [7, 11) is 0. The van der Waals surface area contributed by atoms with Crippen molar-refractivity contribution in [1.29, 1.82) is 0 Å². The van der Waals surface area contributed by atoms with Crippen LogP contribution in [0.3, 0.4) is 0 Å². The van der Waals surface area contributed by atoms with Crippen molar-refractivity contribution < 1.29 is 33.3 Å². The van der Waals surface area contributed by atoms with Crippen LogP contribution in [-0.4, -0.2) is 37.2 Å². The fraction of sp³-hybridized carbons (Fsp3) is 0.475. The summed E-state index contributed by atoms with van der Waals surface area (Å²) < 4.78 is 22.0. The third-order valence-corrected chi connectivity index (χ3v) is 7.96. The van der Waals surface area contributed by atoms with E-state index in [0.717, 1.165) is 43.4 Å². The van der Waals surface area contributed by atoms with E-state index in [0.29, 0.717) is 35.9 Å². The van der Waals surface area contributed by atoms with Crippen molar-refractivity contribution in [2.45, 2.75) is 111 Å². The normalized spacial score (nSPS) is 11.7. The summed E-state index contributed by atoms with van der Waals surface area (Å²) in [5.74, 6) is -0.482. The van der Waals surface area contributed by atoms with Gasteiger partial charge in [0.05, 0.1) is 35.7 Å². The zero-order chi connectivity index (χ0) is 35.3. The van der Waals surface area contributed by atoms with Crippen LogP contribution in [0.1, 0.15) is 124 Å². The molecule has 49 heavy (non-hydrogen) atoms. The van der Waals surface area contributed by atoms with Crippen molar-refractivity contribution in [2.75, 3.05) is 13.2 Å². The maximum absolute atomic E-state index is 12.8. The standard InChI is InChI=1S/C40H52N2O7/c1-5-7-9-11-12-13-14-16-27-46-37-26-19-33(29-30(37)3)40(45)49-36-24-22-35(23-25-36)42-41-34-20-17-32(18-21-34)39(44)48-31(4)38(43)47-28-15-10-8-6-2/h17-26,29,31H,5-16,27-28H2,1-4H3. The molecule has 0 heterocycles. The first-order valence-electron chi connectivity index (χ1n) is 17.8. The number of esters is 3. The molecule has 0 N–H and O–H groups in total. The molecule has 0 aliphatic heterocycles. The maximum Gasteiger partial charge on any atom is 0.347 e. The Morgan fingerprint density at radius 3 is 1.78 bits per heavy atom. The molecular formula is C40H52N2O7. The van der Waals surface area contributed by atoms with Gasteiger partial charge in [0, 0.05) is 0 Å². The molecule has 0 radical (unpaired) electrons. The Morgan fingerprint density at radius 2 is 1.16 bits per heavy atom. The van der Waals surface area contributed by atoms with E-state index < -0.39 is 24.0 Å². The molecular weight excluding hydrogens is 620 g/mol. The van der Waals surface area contributed by atoms with E-state index in [1.807, 2.05) is 13.0 Å². The second-order valence-electron chi connectivity index (χ2n) is 12.2. The molecule has 1 atom stereocenters. The number of aryl methyl sites for hydroxylation is 1. The Labute approximate surface area is 291 Å². The number of nitrogens with zero attached hydrogens (tertiary/aromatic N) is 2. The van der Waals surface area contributed by atoms with Crippen molar-refractivity contribution in [3.63, 3.8) is 0 Å². The Bertz CT molecular complexity index is 1470. The third kappa shape index (κ3) is 14.6. The fourth-order valence-corrected chi connectivity index (χ4v) is 4.98. The highest BCUT2D eigenvalue weighted by Crippen LogP contribution is 2.24. The lowest BCUT2D eigenvalue weighted by molar-refractivity contribution is -0.153. The Balaban J connectivity index is 1.41. The van der Waals surface area contributed by atoms with Gasteiger partial charge in [0.2, 0.25) is 0 Å². The van der Waals surface area contributed by atoms with Crippen molar-refractivity contribution in [1.82, 2.24) is 0 Å². The van der Waals surface area contributed by atoms with Gasteiger partial charge < -0.3 is 18.9 Å². The number of carbonyl (C=O) groups is 3. The molecule has 0 aromatic heterocycles. The molecule has 0 fully saturated rings. The molecule has 1 unspecified atom stereocenters. The van der Waals surface area contributed by atoms with Crippen LogP contribution in [0.5, 0.6) is 11.5 Å². The van der Waals surface area contributed by atoms with Crippen LogP contribution in [-0.2, 0) is 14.3 Å². The summed E-state index contributed by atoms with van der Waals surface area (Å²) in [6.07, 6.45) is 13.0. The third-order valence-electron chi connectivity index (χ3n) is 7.96. The van der Waals surface area contributed by atoms with E-state index in [2.05, 4.69) is 24.1 Å². The molecule has 0 aliphatic carbocycles. The van der Waals surface area contributed by atoms with Crippen molar-refractivity contribution >= 4 is 29.3 Å². The molecule has 0 saturated heterocycles. The van der Waals surface area contributed by atoms with Crippen LogP contribution < -0.4 is 9.47 Å². The molecule has 9 nitrogen and oxygen atoms in total. The molecule has 3 rings (SSSR count). The lowest BCUT2D eigenvalue weighted by Crippen LogP contribution is -2.26. The highest BCUT2D eigenvalue weighted by Gasteiger charge is 2.20. The Kier molecular flexibility index (Phi) is 17.6. The summed E-state index contributed by atoms with van der Waals surface area (Å²) >= 11 is 0. The summed E-state index contributed by atoms with van der Waals surface area (Å²) in [6, 6.07) is 18.4. The van der Waals surface area contributed by atoms with Gasteiger partial charge in [-0.15, -0.1) is 0 Å². The maximum atomic E-state index is 12.8. The van der Waals surface area contributed by atoms with E-state index in [1.165, 1.54) is 51.9 Å². The first kappa shape index (κ1) is 38.9. The van der Waals surface area contributed by atoms with Gasteiger partial charge >= 0.3 is 17.9 Å². The number of rotatable bonds is 22. The number of azo groups is 1. The predicted molar refractivity (Wildman–Crippen MR) is 191 cm³/mol. The van der Waals surface area contributed by atoms with Gasteiger partial charge in [0.1, 0.15) is 11.5 Å². The number of hydrogen-bond acceptors (Lipinski definition) is 9. The molecule has 0 saturated carbocycles. The number of hydrogen-bond donors (Lipinski definition) is 0. The molecule has 0 aliphatic rings. The molecule has 264 valence electrons. The minimum Gasteiger partial charge on any atom is -0.493 e. The summed E-state index contributed by atoms with van der Waals surface area (Å²) in [6.45, 7) is 8.75. The number of benzene rings is 3. The minimum absolute atomic E-state index is 0.281. The van der Waals surface area contributed by atoms with Gasteiger partial charge in [-0.2, -0.15) is 10.2 Å². The Hall–Kier alpha value is -4.53. The van der Waals surface area contributed by atoms with Crippen LogP contribution in [0.2, 0.25) is 0 Å². The smallest absolute Gasteiger partial charge is 0.347 e. The van der Waals surface area contributed by atoms with Crippen LogP contribution in [0.15, 0.2) is 77.0 Å². The largest absolute Gasteiger partial charge is 0.493 e. The zero-order valence-corrected chi connectivity index (χ0v) is 29.6. The lowest BCUT2D eigenvalue weighted by Gasteiger charge is -2.12.